The zero-order chi connectivity index (χ0) is 21.9. The molecule has 3 aromatic rings. The van der Waals surface area contributed by atoms with Crippen molar-refractivity contribution in [3.8, 4) is 0 Å². The van der Waals surface area contributed by atoms with Crippen molar-refractivity contribution in [1.29, 1.82) is 0 Å². The molecule has 0 aliphatic carbocycles. The van der Waals surface area contributed by atoms with Crippen molar-refractivity contribution in [2.45, 2.75) is 35.2 Å². The first-order valence-corrected chi connectivity index (χ1v) is 11.9. The molecule has 3 N–H and O–H groups in total. The zero-order valence-corrected chi connectivity index (χ0v) is 18.8. The van der Waals surface area contributed by atoms with Crippen molar-refractivity contribution in [1.82, 2.24) is 9.78 Å². The number of nitrogens with one attached hydrogen (secondary N) is 1. The predicted molar refractivity (Wildman–Crippen MR) is 120 cm³/mol. The first-order chi connectivity index (χ1) is 14.2. The van der Waals surface area contributed by atoms with E-state index in [0.717, 1.165) is 5.56 Å². The van der Waals surface area contributed by atoms with E-state index in [9.17, 15) is 13.2 Å². The number of carbonyl (C=O) groups is 1. The van der Waals surface area contributed by atoms with Gasteiger partial charge in [-0.3, -0.25) is 4.79 Å². The molecule has 158 valence electrons. The third-order valence-electron chi connectivity index (χ3n) is 4.20. The zero-order valence-electron chi connectivity index (χ0n) is 16.4. The molecule has 10 heteroatoms. The number of carbonyl (C=O) groups excluding carboxylic acids is 1. The molecule has 0 bridgehead atoms. The van der Waals surface area contributed by atoms with Gasteiger partial charge < -0.3 is 11.1 Å². The second-order valence-corrected chi connectivity index (χ2v) is 10.1. The lowest BCUT2D eigenvalue weighted by Crippen LogP contribution is -2.21. The van der Waals surface area contributed by atoms with Crippen molar-refractivity contribution in [2.24, 2.45) is 0 Å². The molecule has 1 amide bonds. The molecule has 0 atom stereocenters. The number of anilines is 2. The van der Waals surface area contributed by atoms with Gasteiger partial charge in [0, 0.05) is 10.7 Å². The summed E-state index contributed by atoms with van der Waals surface area (Å²) in [6, 6.07) is 13.2. The summed E-state index contributed by atoms with van der Waals surface area (Å²) in [6.07, 6.45) is 0. The lowest BCUT2D eigenvalue weighted by molar-refractivity contribution is -0.116. The largest absolute Gasteiger partial charge is 0.383 e. The number of sulfone groups is 1. The van der Waals surface area contributed by atoms with Gasteiger partial charge in [0.15, 0.2) is 0 Å². The SMILES string of the molecule is CCSc1nn(CC(=O)Nc2cccc(Cl)c2)c(N)c1S(=O)(=O)c1ccc(C)cc1. The molecular weight excluding hydrogens is 444 g/mol. The number of hydrogen-bond donors (Lipinski definition) is 2. The fourth-order valence-electron chi connectivity index (χ4n) is 2.78. The number of aromatic nitrogens is 2. The summed E-state index contributed by atoms with van der Waals surface area (Å²) in [4.78, 5) is 12.5. The van der Waals surface area contributed by atoms with E-state index in [1.54, 1.807) is 36.4 Å². The van der Waals surface area contributed by atoms with E-state index >= 15 is 0 Å². The number of rotatable bonds is 7. The predicted octanol–water partition coefficient (Wildman–Crippen LogP) is 4.01. The molecular formula is C20H21ClN4O3S2. The van der Waals surface area contributed by atoms with Crippen molar-refractivity contribution in [3.63, 3.8) is 0 Å². The smallest absolute Gasteiger partial charge is 0.246 e. The fraction of sp³-hybridized carbons (Fsp3) is 0.200. The molecule has 30 heavy (non-hydrogen) atoms. The average Bonchev–Trinajstić information content (AvgIpc) is 2.98. The minimum atomic E-state index is -3.90. The molecule has 7 nitrogen and oxygen atoms in total. The molecule has 0 saturated carbocycles. The second-order valence-electron chi connectivity index (χ2n) is 6.49. The minimum absolute atomic E-state index is 0.0752. The first kappa shape index (κ1) is 22.2. The van der Waals surface area contributed by atoms with Gasteiger partial charge in [0.05, 0.1) is 4.90 Å². The molecule has 0 spiro atoms. The highest BCUT2D eigenvalue weighted by Gasteiger charge is 2.30. The van der Waals surface area contributed by atoms with Crippen molar-refractivity contribution >= 4 is 50.6 Å². The summed E-state index contributed by atoms with van der Waals surface area (Å²) in [5, 5.41) is 7.75. The van der Waals surface area contributed by atoms with Crippen LogP contribution in [0.3, 0.4) is 0 Å². The lowest BCUT2D eigenvalue weighted by Gasteiger charge is -2.08. The Kier molecular flexibility index (Phi) is 6.74. The highest BCUT2D eigenvalue weighted by molar-refractivity contribution is 8.00. The number of halogens is 1. The Labute approximate surface area is 184 Å². The maximum absolute atomic E-state index is 13.2. The van der Waals surface area contributed by atoms with Gasteiger partial charge in [0.25, 0.3) is 0 Å². The van der Waals surface area contributed by atoms with Crippen molar-refractivity contribution in [3.05, 3.63) is 59.1 Å². The topological polar surface area (TPSA) is 107 Å². The highest BCUT2D eigenvalue weighted by Crippen LogP contribution is 2.35. The number of benzene rings is 2. The summed E-state index contributed by atoms with van der Waals surface area (Å²) in [7, 11) is -3.90. The Hall–Kier alpha value is -2.49. The van der Waals surface area contributed by atoms with Crippen LogP contribution in [-0.2, 0) is 21.2 Å². The van der Waals surface area contributed by atoms with Gasteiger partial charge in [-0.2, -0.15) is 5.10 Å². The highest BCUT2D eigenvalue weighted by atomic mass is 35.5. The first-order valence-electron chi connectivity index (χ1n) is 9.08. The fourth-order valence-corrected chi connectivity index (χ4v) is 5.52. The molecule has 2 aromatic carbocycles. The number of hydrogen-bond acceptors (Lipinski definition) is 6. The molecule has 1 aromatic heterocycles. The van der Waals surface area contributed by atoms with Crippen LogP contribution in [0.4, 0.5) is 11.5 Å². The van der Waals surface area contributed by atoms with Gasteiger partial charge in [-0.1, -0.05) is 42.3 Å². The van der Waals surface area contributed by atoms with E-state index in [1.807, 2.05) is 13.8 Å². The van der Waals surface area contributed by atoms with Crippen molar-refractivity contribution < 1.29 is 13.2 Å². The number of aryl methyl sites for hydroxylation is 1. The van der Waals surface area contributed by atoms with E-state index in [0.29, 0.717) is 16.5 Å². The quantitative estimate of drug-likeness (QED) is 0.511. The Morgan fingerprint density at radius 3 is 2.57 bits per heavy atom. The van der Waals surface area contributed by atoms with Crippen LogP contribution in [0.25, 0.3) is 0 Å². The normalized spacial score (nSPS) is 11.4. The molecule has 0 aliphatic heterocycles. The van der Waals surface area contributed by atoms with Crippen molar-refractivity contribution in [2.75, 3.05) is 16.8 Å². The number of nitrogens with two attached hydrogens (primary N) is 1. The second kappa shape index (κ2) is 9.11. The molecule has 0 aliphatic rings. The number of thioether (sulfide) groups is 1. The van der Waals surface area contributed by atoms with Crippen LogP contribution in [-0.4, -0.2) is 29.9 Å². The van der Waals surface area contributed by atoms with Gasteiger partial charge in [0.2, 0.25) is 15.7 Å². The van der Waals surface area contributed by atoms with E-state index in [4.69, 9.17) is 17.3 Å². The van der Waals surface area contributed by atoms with Crippen LogP contribution in [0.2, 0.25) is 5.02 Å². The summed E-state index contributed by atoms with van der Waals surface area (Å²) in [6.45, 7) is 3.52. The molecule has 0 unspecified atom stereocenters. The standard InChI is InChI=1S/C20H21ClN4O3S2/c1-3-29-20-18(30(27,28)16-9-7-13(2)8-10-16)19(22)25(24-20)12-17(26)23-15-6-4-5-14(21)11-15/h4-11H,3,12,22H2,1-2H3,(H,23,26). The molecule has 3 rings (SSSR count). The number of nitrogen functional groups attached to an aromatic ring is 1. The Bertz CT molecular complexity index is 1180. The minimum Gasteiger partial charge on any atom is -0.383 e. The average molecular weight is 465 g/mol. The van der Waals surface area contributed by atoms with E-state index in [1.165, 1.54) is 28.6 Å². The maximum Gasteiger partial charge on any atom is 0.246 e. The summed E-state index contributed by atoms with van der Waals surface area (Å²) in [5.74, 6) is 0.119. The van der Waals surface area contributed by atoms with E-state index in [2.05, 4.69) is 10.4 Å². The Balaban J connectivity index is 1.94. The van der Waals surface area contributed by atoms with Gasteiger partial charge >= 0.3 is 0 Å². The Morgan fingerprint density at radius 1 is 1.23 bits per heavy atom. The molecule has 0 radical (unpaired) electrons. The monoisotopic (exact) mass is 464 g/mol. The van der Waals surface area contributed by atoms with Gasteiger partial charge in [-0.25, -0.2) is 13.1 Å². The van der Waals surface area contributed by atoms with Crippen LogP contribution in [0, 0.1) is 6.92 Å². The van der Waals surface area contributed by atoms with Gasteiger partial charge in [-0.05, 0) is 43.0 Å². The van der Waals surface area contributed by atoms with Crippen LogP contribution in [0.15, 0.2) is 63.3 Å². The third kappa shape index (κ3) is 4.80. The van der Waals surface area contributed by atoms with E-state index < -0.39 is 15.7 Å². The van der Waals surface area contributed by atoms with Crippen LogP contribution in [0.5, 0.6) is 0 Å². The van der Waals surface area contributed by atoms with Crippen LogP contribution in [0.1, 0.15) is 12.5 Å². The summed E-state index contributed by atoms with van der Waals surface area (Å²) < 4.78 is 27.7. The maximum atomic E-state index is 13.2. The van der Waals surface area contributed by atoms with Gasteiger partial charge in [-0.15, -0.1) is 11.8 Å². The summed E-state index contributed by atoms with van der Waals surface area (Å²) in [5.41, 5.74) is 7.63. The molecule has 0 saturated heterocycles. The number of amides is 1. The van der Waals surface area contributed by atoms with Crippen LogP contribution >= 0.6 is 23.4 Å². The molecule has 1 heterocycles. The third-order valence-corrected chi connectivity index (χ3v) is 7.24. The summed E-state index contributed by atoms with van der Waals surface area (Å²) >= 11 is 7.19. The van der Waals surface area contributed by atoms with Gasteiger partial charge in [0.1, 0.15) is 22.3 Å². The number of nitrogens with zero attached hydrogens (tertiary/aromatic N) is 2. The molecule has 0 fully saturated rings. The van der Waals surface area contributed by atoms with Crippen LogP contribution < -0.4 is 11.1 Å². The lowest BCUT2D eigenvalue weighted by atomic mass is 10.2. The van der Waals surface area contributed by atoms with E-state index in [-0.39, 0.29) is 27.2 Å². The Morgan fingerprint density at radius 2 is 1.93 bits per heavy atom.